The first-order valence-electron chi connectivity index (χ1n) is 4.15. The molecule has 1 rings (SSSR count). The van der Waals surface area contributed by atoms with Gasteiger partial charge in [0.15, 0.2) is 0 Å². The fourth-order valence-corrected chi connectivity index (χ4v) is 1.14. The van der Waals surface area contributed by atoms with Gasteiger partial charge >= 0.3 is 0 Å². The van der Waals surface area contributed by atoms with Gasteiger partial charge in [-0.25, -0.2) is 0 Å². The summed E-state index contributed by atoms with van der Waals surface area (Å²) in [6.07, 6.45) is 0.528. The summed E-state index contributed by atoms with van der Waals surface area (Å²) in [5.41, 5.74) is 2.30. The predicted molar refractivity (Wildman–Crippen MR) is 48.9 cm³/mol. The third kappa shape index (κ3) is 2.62. The average molecular weight is 167 g/mol. The monoisotopic (exact) mass is 167 g/mol. The lowest BCUT2D eigenvalue weighted by molar-refractivity contribution is 0.495. The highest BCUT2D eigenvalue weighted by molar-refractivity contribution is 5.22. The Bertz CT molecular complexity index is 193. The molecule has 0 saturated heterocycles. The highest BCUT2D eigenvalue weighted by Crippen LogP contribution is 2.04. The Kier molecular flexibility index (Phi) is 3.74. The van der Waals surface area contributed by atoms with Crippen LogP contribution in [0.3, 0.4) is 0 Å². The van der Waals surface area contributed by atoms with Crippen molar-refractivity contribution in [1.29, 1.82) is 0 Å². The summed E-state index contributed by atoms with van der Waals surface area (Å²) in [5.74, 6) is 0. The zero-order valence-corrected chi connectivity index (χ0v) is 7.31. The molecule has 0 fully saturated rings. The summed E-state index contributed by atoms with van der Waals surface area (Å²) in [6, 6.07) is 8.02. The Morgan fingerprint density at radius 1 is 1.17 bits per heavy atom. The Morgan fingerprint density at radius 3 is 2.25 bits per heavy atom. The van der Waals surface area contributed by atoms with Crippen molar-refractivity contribution in [2.45, 2.75) is 13.0 Å². The van der Waals surface area contributed by atoms with E-state index in [0.29, 0.717) is 6.42 Å². The summed E-state index contributed by atoms with van der Waals surface area (Å²) in [7, 11) is 1.91. The van der Waals surface area contributed by atoms with Crippen LogP contribution in [0.5, 0.6) is 0 Å². The minimum Gasteiger partial charge on any atom is -0.316 e. The third-order valence-corrected chi connectivity index (χ3v) is 1.79. The smallest absolute Gasteiger partial charge is 0.0934 e. The Morgan fingerprint density at radius 2 is 1.75 bits per heavy atom. The minimum absolute atomic E-state index is 0.272. The molecule has 1 N–H and O–H groups in total. The first-order valence-corrected chi connectivity index (χ1v) is 4.15. The van der Waals surface area contributed by atoms with Gasteiger partial charge in [-0.3, -0.25) is 4.39 Å². The van der Waals surface area contributed by atoms with E-state index >= 15 is 0 Å². The molecule has 66 valence electrons. The van der Waals surface area contributed by atoms with Gasteiger partial charge in [-0.2, -0.15) is 0 Å². The average Bonchev–Trinajstić information content (AvgIpc) is 2.09. The summed E-state index contributed by atoms with van der Waals surface area (Å²) >= 11 is 0. The van der Waals surface area contributed by atoms with Crippen LogP contribution in [0, 0.1) is 0 Å². The lowest BCUT2D eigenvalue weighted by atomic mass is 10.1. The zero-order valence-electron chi connectivity index (χ0n) is 7.31. The van der Waals surface area contributed by atoms with Gasteiger partial charge in [-0.1, -0.05) is 24.3 Å². The summed E-state index contributed by atoms with van der Waals surface area (Å²) < 4.78 is 11.9. The molecule has 0 radical (unpaired) electrons. The first kappa shape index (κ1) is 9.20. The molecule has 0 atom stereocenters. The number of nitrogens with one attached hydrogen (secondary N) is 1. The summed E-state index contributed by atoms with van der Waals surface area (Å²) in [6.45, 7) is 0.598. The Labute approximate surface area is 72.6 Å². The molecule has 0 heterocycles. The molecule has 0 unspecified atom stereocenters. The molecule has 0 spiro atoms. The van der Waals surface area contributed by atoms with E-state index in [2.05, 4.69) is 5.32 Å². The number of aryl methyl sites for hydroxylation is 1. The van der Waals surface area contributed by atoms with Crippen molar-refractivity contribution in [3.05, 3.63) is 35.4 Å². The van der Waals surface area contributed by atoms with Gasteiger partial charge in [0, 0.05) is 13.0 Å². The van der Waals surface area contributed by atoms with Crippen molar-refractivity contribution in [3.8, 4) is 0 Å². The lowest BCUT2D eigenvalue weighted by Crippen LogP contribution is -2.04. The van der Waals surface area contributed by atoms with Crippen LogP contribution in [-0.2, 0) is 13.0 Å². The molecule has 0 amide bonds. The van der Waals surface area contributed by atoms with Crippen LogP contribution in [0.2, 0.25) is 0 Å². The van der Waals surface area contributed by atoms with E-state index in [4.69, 9.17) is 0 Å². The second-order valence-corrected chi connectivity index (χ2v) is 2.79. The molecule has 2 heteroatoms. The molecule has 1 nitrogen and oxygen atoms in total. The number of rotatable bonds is 4. The van der Waals surface area contributed by atoms with Gasteiger partial charge in [0.25, 0.3) is 0 Å². The second-order valence-electron chi connectivity index (χ2n) is 2.79. The maximum atomic E-state index is 11.9. The van der Waals surface area contributed by atoms with Crippen molar-refractivity contribution in [1.82, 2.24) is 5.32 Å². The molecule has 0 aliphatic carbocycles. The van der Waals surface area contributed by atoms with E-state index in [-0.39, 0.29) is 6.67 Å². The van der Waals surface area contributed by atoms with Gasteiger partial charge in [0.1, 0.15) is 0 Å². The molecular formula is C10H14FN. The van der Waals surface area contributed by atoms with Crippen molar-refractivity contribution in [2.24, 2.45) is 0 Å². The van der Waals surface area contributed by atoms with Gasteiger partial charge < -0.3 is 5.32 Å². The van der Waals surface area contributed by atoms with Gasteiger partial charge in [0.05, 0.1) is 6.67 Å². The van der Waals surface area contributed by atoms with E-state index in [0.717, 1.165) is 12.1 Å². The maximum absolute atomic E-state index is 11.9. The van der Waals surface area contributed by atoms with Crippen LogP contribution in [0.15, 0.2) is 24.3 Å². The van der Waals surface area contributed by atoms with Crippen molar-refractivity contribution < 1.29 is 4.39 Å². The molecule has 1 aromatic rings. The molecule has 1 aromatic carbocycles. The number of halogens is 1. The van der Waals surface area contributed by atoms with Crippen LogP contribution in [-0.4, -0.2) is 13.7 Å². The Balaban J connectivity index is 2.58. The van der Waals surface area contributed by atoms with E-state index in [9.17, 15) is 4.39 Å². The van der Waals surface area contributed by atoms with Crippen LogP contribution < -0.4 is 5.32 Å². The molecule has 0 saturated carbocycles. The van der Waals surface area contributed by atoms with Crippen LogP contribution in [0.1, 0.15) is 11.1 Å². The molecule has 0 aromatic heterocycles. The standard InChI is InChI=1S/C10H14FN/c1-12-8-10-4-2-9(3-5-10)6-7-11/h2-5,12H,6-8H2,1H3. The number of benzene rings is 1. The van der Waals surface area contributed by atoms with E-state index < -0.39 is 0 Å². The number of hydrogen-bond donors (Lipinski definition) is 1. The highest BCUT2D eigenvalue weighted by atomic mass is 19.1. The quantitative estimate of drug-likeness (QED) is 0.722. The molecule has 0 aliphatic rings. The van der Waals surface area contributed by atoms with Gasteiger partial charge in [-0.15, -0.1) is 0 Å². The third-order valence-electron chi connectivity index (χ3n) is 1.79. The van der Waals surface area contributed by atoms with Gasteiger partial charge in [-0.05, 0) is 18.2 Å². The summed E-state index contributed by atoms with van der Waals surface area (Å²) in [4.78, 5) is 0. The topological polar surface area (TPSA) is 12.0 Å². The molecule has 12 heavy (non-hydrogen) atoms. The molecule has 0 bridgehead atoms. The Hall–Kier alpha value is -0.890. The molecule has 0 aliphatic heterocycles. The summed E-state index contributed by atoms with van der Waals surface area (Å²) in [5, 5.41) is 3.06. The van der Waals surface area contributed by atoms with E-state index in [1.165, 1.54) is 5.56 Å². The molecular weight excluding hydrogens is 153 g/mol. The largest absolute Gasteiger partial charge is 0.316 e. The SMILES string of the molecule is CNCc1ccc(CCF)cc1. The maximum Gasteiger partial charge on any atom is 0.0934 e. The predicted octanol–water partition coefficient (Wildman–Crippen LogP) is 1.92. The fraction of sp³-hybridized carbons (Fsp3) is 0.400. The van der Waals surface area contributed by atoms with Crippen molar-refractivity contribution in [3.63, 3.8) is 0 Å². The number of hydrogen-bond acceptors (Lipinski definition) is 1. The zero-order chi connectivity index (χ0) is 8.81. The van der Waals surface area contributed by atoms with Crippen LogP contribution in [0.25, 0.3) is 0 Å². The van der Waals surface area contributed by atoms with Crippen LogP contribution >= 0.6 is 0 Å². The van der Waals surface area contributed by atoms with E-state index in [1.807, 2.05) is 31.3 Å². The number of alkyl halides is 1. The normalized spacial score (nSPS) is 10.2. The lowest BCUT2D eigenvalue weighted by Gasteiger charge is -2.01. The second kappa shape index (κ2) is 4.88. The van der Waals surface area contributed by atoms with Gasteiger partial charge in [0.2, 0.25) is 0 Å². The first-order chi connectivity index (χ1) is 5.86. The van der Waals surface area contributed by atoms with Crippen LogP contribution in [0.4, 0.5) is 4.39 Å². The van der Waals surface area contributed by atoms with Crippen molar-refractivity contribution >= 4 is 0 Å². The van der Waals surface area contributed by atoms with E-state index in [1.54, 1.807) is 0 Å². The van der Waals surface area contributed by atoms with Crippen molar-refractivity contribution in [2.75, 3.05) is 13.7 Å². The fourth-order valence-electron chi connectivity index (χ4n) is 1.14. The highest BCUT2D eigenvalue weighted by Gasteiger charge is 1.92. The minimum atomic E-state index is -0.272.